The molecule has 0 aliphatic rings. The van der Waals surface area contributed by atoms with E-state index in [-0.39, 0.29) is 11.8 Å². The number of carbonyl (C=O) groups is 2. The van der Waals surface area contributed by atoms with Gasteiger partial charge < -0.3 is 10.6 Å². The summed E-state index contributed by atoms with van der Waals surface area (Å²) >= 11 is 0. The van der Waals surface area contributed by atoms with E-state index in [9.17, 15) is 9.59 Å². The first-order chi connectivity index (χ1) is 13.0. The van der Waals surface area contributed by atoms with Crippen molar-refractivity contribution in [3.8, 4) is 0 Å². The summed E-state index contributed by atoms with van der Waals surface area (Å²) in [5.41, 5.74) is 2.78. The quantitative estimate of drug-likeness (QED) is 0.662. The van der Waals surface area contributed by atoms with Crippen molar-refractivity contribution in [2.45, 2.75) is 46.1 Å². The Labute approximate surface area is 162 Å². The Balaban J connectivity index is 1.89. The molecule has 27 heavy (non-hydrogen) atoms. The minimum absolute atomic E-state index is 0.112. The van der Waals surface area contributed by atoms with Crippen LogP contribution in [0.15, 0.2) is 54.6 Å². The molecule has 1 unspecified atom stereocenters. The standard InChI is InChI=1S/C23H30N2O2/c1-17(2)16-21(25-22(26)20-14-8-7-10-18(20)3)23(27)24-15-9-13-19-11-5-4-6-12-19/h4-8,10-12,14,17,21H,9,13,15-16H2,1-3H3,(H,24,27)(H,25,26). The first-order valence-electron chi connectivity index (χ1n) is 9.65. The predicted octanol–water partition coefficient (Wildman–Crippen LogP) is 3.89. The van der Waals surface area contributed by atoms with Crippen LogP contribution in [0, 0.1) is 12.8 Å². The Kier molecular flexibility index (Phi) is 8.05. The normalized spacial score (nSPS) is 11.9. The van der Waals surface area contributed by atoms with Crippen LogP contribution in [-0.4, -0.2) is 24.4 Å². The maximum atomic E-state index is 12.6. The highest BCUT2D eigenvalue weighted by atomic mass is 16.2. The van der Waals surface area contributed by atoms with Crippen molar-refractivity contribution in [3.05, 3.63) is 71.3 Å². The van der Waals surface area contributed by atoms with E-state index in [4.69, 9.17) is 0 Å². The number of aryl methyl sites for hydroxylation is 2. The van der Waals surface area contributed by atoms with Gasteiger partial charge in [0, 0.05) is 12.1 Å². The highest BCUT2D eigenvalue weighted by molar-refractivity contribution is 5.98. The first-order valence-corrected chi connectivity index (χ1v) is 9.65. The van der Waals surface area contributed by atoms with Crippen LogP contribution in [0.3, 0.4) is 0 Å². The molecule has 0 saturated heterocycles. The Morgan fingerprint density at radius 2 is 1.63 bits per heavy atom. The molecule has 0 radical (unpaired) electrons. The van der Waals surface area contributed by atoms with Crippen LogP contribution in [0.1, 0.15) is 48.2 Å². The second-order valence-electron chi connectivity index (χ2n) is 7.35. The van der Waals surface area contributed by atoms with Crippen LogP contribution >= 0.6 is 0 Å². The molecule has 0 saturated carbocycles. The Morgan fingerprint density at radius 1 is 0.963 bits per heavy atom. The topological polar surface area (TPSA) is 58.2 Å². The van der Waals surface area contributed by atoms with Gasteiger partial charge in [0.15, 0.2) is 0 Å². The largest absolute Gasteiger partial charge is 0.354 e. The molecule has 2 N–H and O–H groups in total. The molecule has 2 aromatic carbocycles. The van der Waals surface area contributed by atoms with E-state index in [1.165, 1.54) is 5.56 Å². The van der Waals surface area contributed by atoms with E-state index in [1.54, 1.807) is 6.07 Å². The predicted molar refractivity (Wildman–Crippen MR) is 110 cm³/mol. The Hall–Kier alpha value is -2.62. The van der Waals surface area contributed by atoms with Gasteiger partial charge in [0.05, 0.1) is 0 Å². The molecular weight excluding hydrogens is 336 g/mol. The summed E-state index contributed by atoms with van der Waals surface area (Å²) in [6, 6.07) is 17.1. The fourth-order valence-corrected chi connectivity index (χ4v) is 3.04. The van der Waals surface area contributed by atoms with Crippen molar-refractivity contribution < 1.29 is 9.59 Å². The van der Waals surface area contributed by atoms with Crippen LogP contribution in [0.4, 0.5) is 0 Å². The maximum Gasteiger partial charge on any atom is 0.252 e. The average molecular weight is 367 g/mol. The van der Waals surface area contributed by atoms with E-state index in [2.05, 4.69) is 36.6 Å². The summed E-state index contributed by atoms with van der Waals surface area (Å²) in [6.45, 7) is 6.60. The number of hydrogen-bond donors (Lipinski definition) is 2. The van der Waals surface area contributed by atoms with Crippen molar-refractivity contribution >= 4 is 11.8 Å². The van der Waals surface area contributed by atoms with Crippen LogP contribution in [-0.2, 0) is 11.2 Å². The molecule has 2 rings (SSSR count). The number of rotatable bonds is 9. The van der Waals surface area contributed by atoms with E-state index in [1.807, 2.05) is 43.3 Å². The smallest absolute Gasteiger partial charge is 0.252 e. The summed E-state index contributed by atoms with van der Waals surface area (Å²) in [5, 5.41) is 5.89. The highest BCUT2D eigenvalue weighted by Crippen LogP contribution is 2.10. The third-order valence-electron chi connectivity index (χ3n) is 4.50. The summed E-state index contributed by atoms with van der Waals surface area (Å²) in [7, 11) is 0. The van der Waals surface area contributed by atoms with E-state index in [0.29, 0.717) is 24.4 Å². The minimum atomic E-state index is -0.520. The first kappa shape index (κ1) is 20.7. The third-order valence-corrected chi connectivity index (χ3v) is 4.50. The third kappa shape index (κ3) is 6.89. The number of amides is 2. The van der Waals surface area contributed by atoms with Crippen molar-refractivity contribution in [3.63, 3.8) is 0 Å². The summed E-state index contributed by atoms with van der Waals surface area (Å²) in [5.74, 6) is -0.000814. The van der Waals surface area contributed by atoms with Gasteiger partial charge in [-0.3, -0.25) is 9.59 Å². The summed E-state index contributed by atoms with van der Waals surface area (Å²) in [6.07, 6.45) is 2.41. The zero-order valence-electron chi connectivity index (χ0n) is 16.5. The fourth-order valence-electron chi connectivity index (χ4n) is 3.04. The zero-order valence-corrected chi connectivity index (χ0v) is 16.5. The molecule has 0 fully saturated rings. The average Bonchev–Trinajstić information content (AvgIpc) is 2.65. The molecular formula is C23H30N2O2. The molecule has 0 spiro atoms. The number of benzene rings is 2. The van der Waals surface area contributed by atoms with Crippen molar-refractivity contribution in [1.82, 2.24) is 10.6 Å². The van der Waals surface area contributed by atoms with E-state index < -0.39 is 6.04 Å². The molecule has 144 valence electrons. The van der Waals surface area contributed by atoms with Crippen molar-refractivity contribution in [1.29, 1.82) is 0 Å². The van der Waals surface area contributed by atoms with E-state index >= 15 is 0 Å². The lowest BCUT2D eigenvalue weighted by molar-refractivity contribution is -0.123. The molecule has 2 aromatic rings. The summed E-state index contributed by atoms with van der Waals surface area (Å²) < 4.78 is 0. The molecule has 0 bridgehead atoms. The lowest BCUT2D eigenvalue weighted by atomic mass is 10.0. The molecule has 0 heterocycles. The van der Waals surface area contributed by atoms with Gasteiger partial charge in [-0.15, -0.1) is 0 Å². The number of hydrogen-bond acceptors (Lipinski definition) is 2. The van der Waals surface area contributed by atoms with Gasteiger partial charge in [0.2, 0.25) is 5.91 Å². The van der Waals surface area contributed by atoms with Crippen molar-refractivity contribution in [2.75, 3.05) is 6.54 Å². The van der Waals surface area contributed by atoms with Gasteiger partial charge in [-0.2, -0.15) is 0 Å². The Bertz CT molecular complexity index is 741. The van der Waals surface area contributed by atoms with Crippen LogP contribution < -0.4 is 10.6 Å². The number of nitrogens with one attached hydrogen (secondary N) is 2. The molecule has 0 aromatic heterocycles. The maximum absolute atomic E-state index is 12.6. The second-order valence-corrected chi connectivity index (χ2v) is 7.35. The molecule has 0 aliphatic carbocycles. The molecule has 2 amide bonds. The van der Waals surface area contributed by atoms with Crippen LogP contribution in [0.5, 0.6) is 0 Å². The number of carbonyl (C=O) groups excluding carboxylic acids is 2. The molecule has 4 heteroatoms. The van der Waals surface area contributed by atoms with Crippen LogP contribution in [0.2, 0.25) is 0 Å². The Morgan fingerprint density at radius 3 is 2.30 bits per heavy atom. The molecule has 4 nitrogen and oxygen atoms in total. The fraction of sp³-hybridized carbons (Fsp3) is 0.391. The van der Waals surface area contributed by atoms with Gasteiger partial charge in [-0.25, -0.2) is 0 Å². The second kappa shape index (κ2) is 10.5. The van der Waals surface area contributed by atoms with Gasteiger partial charge >= 0.3 is 0 Å². The van der Waals surface area contributed by atoms with E-state index in [0.717, 1.165) is 18.4 Å². The lowest BCUT2D eigenvalue weighted by Gasteiger charge is -2.20. The van der Waals surface area contributed by atoms with Gasteiger partial charge in [-0.05, 0) is 49.3 Å². The zero-order chi connectivity index (χ0) is 19.6. The van der Waals surface area contributed by atoms with Gasteiger partial charge in [-0.1, -0.05) is 62.4 Å². The van der Waals surface area contributed by atoms with Crippen molar-refractivity contribution in [2.24, 2.45) is 5.92 Å². The summed E-state index contributed by atoms with van der Waals surface area (Å²) in [4.78, 5) is 25.2. The lowest BCUT2D eigenvalue weighted by Crippen LogP contribution is -2.47. The van der Waals surface area contributed by atoms with Gasteiger partial charge in [0.1, 0.15) is 6.04 Å². The highest BCUT2D eigenvalue weighted by Gasteiger charge is 2.22. The monoisotopic (exact) mass is 366 g/mol. The van der Waals surface area contributed by atoms with Gasteiger partial charge in [0.25, 0.3) is 5.91 Å². The molecule has 0 aliphatic heterocycles. The van der Waals surface area contributed by atoms with Crippen LogP contribution in [0.25, 0.3) is 0 Å². The minimum Gasteiger partial charge on any atom is -0.354 e. The SMILES string of the molecule is Cc1ccccc1C(=O)NC(CC(C)C)C(=O)NCCCc1ccccc1. The molecule has 1 atom stereocenters.